The predicted octanol–water partition coefficient (Wildman–Crippen LogP) is 0.913. The highest BCUT2D eigenvalue weighted by molar-refractivity contribution is 6.30. The van der Waals surface area contributed by atoms with Gasteiger partial charge in [-0.25, -0.2) is 4.98 Å². The summed E-state index contributed by atoms with van der Waals surface area (Å²) >= 11 is 5.84. The lowest BCUT2D eigenvalue weighted by Gasteiger charge is -2.08. The number of nitrogen functional groups attached to an aromatic ring is 1. The van der Waals surface area contributed by atoms with Gasteiger partial charge in [0.25, 0.3) is 5.91 Å². The highest BCUT2D eigenvalue weighted by Gasteiger charge is 2.12. The minimum atomic E-state index is -0.248. The van der Waals surface area contributed by atoms with E-state index in [1.807, 2.05) is 6.07 Å². The molecule has 1 aromatic heterocycles. The second-order valence-corrected chi connectivity index (χ2v) is 6.44. The van der Waals surface area contributed by atoms with Crippen molar-refractivity contribution in [2.24, 2.45) is 0 Å². The van der Waals surface area contributed by atoms with Crippen LogP contribution in [0.1, 0.15) is 21.5 Å². The normalized spacial score (nSPS) is 10.0. The summed E-state index contributed by atoms with van der Waals surface area (Å²) in [6, 6.07) is 18.6. The number of aromatic amines is 1. The molecule has 3 aromatic rings. The number of halogens is 2. The van der Waals surface area contributed by atoms with E-state index in [1.165, 1.54) is 11.1 Å². The Labute approximate surface area is 169 Å². The zero-order valence-electron chi connectivity index (χ0n) is 14.7. The van der Waals surface area contributed by atoms with Gasteiger partial charge in [-0.05, 0) is 42.8 Å². The minimum absolute atomic E-state index is 0. The van der Waals surface area contributed by atoms with Crippen LogP contribution in [0.25, 0.3) is 0 Å². The molecular formula is C20H20Cl2N4O. The number of H-pyrrole nitrogens is 1. The molecule has 5 nitrogen and oxygen atoms in total. The van der Waals surface area contributed by atoms with Crippen LogP contribution in [0.2, 0.25) is 5.02 Å². The summed E-state index contributed by atoms with van der Waals surface area (Å²) in [5, 5.41) is 6.65. The van der Waals surface area contributed by atoms with Crippen LogP contribution in [-0.4, -0.2) is 5.91 Å². The molecule has 5 N–H and O–H groups in total. The zero-order valence-corrected chi connectivity index (χ0v) is 16.2. The van der Waals surface area contributed by atoms with Gasteiger partial charge in [0.2, 0.25) is 11.6 Å². The van der Waals surface area contributed by atoms with Gasteiger partial charge in [0.05, 0.1) is 6.54 Å². The molecule has 0 aliphatic rings. The van der Waals surface area contributed by atoms with Crippen LogP contribution in [-0.2, 0) is 6.54 Å². The number of anilines is 3. The summed E-state index contributed by atoms with van der Waals surface area (Å²) in [6.45, 7) is 2.73. The molecule has 27 heavy (non-hydrogen) atoms. The van der Waals surface area contributed by atoms with E-state index in [2.05, 4.69) is 46.8 Å². The molecule has 140 valence electrons. The van der Waals surface area contributed by atoms with E-state index in [9.17, 15) is 4.79 Å². The molecule has 0 atom stereocenters. The molecule has 1 heterocycles. The van der Waals surface area contributed by atoms with E-state index in [1.54, 1.807) is 30.3 Å². The van der Waals surface area contributed by atoms with Crippen molar-refractivity contribution in [1.29, 1.82) is 0 Å². The Morgan fingerprint density at radius 3 is 2.33 bits per heavy atom. The molecule has 0 radical (unpaired) electrons. The highest BCUT2D eigenvalue weighted by Crippen LogP contribution is 2.17. The quantitative estimate of drug-likeness (QED) is 0.593. The van der Waals surface area contributed by atoms with Crippen LogP contribution in [0.3, 0.4) is 0 Å². The Balaban J connectivity index is 0.00000261. The first kappa shape index (κ1) is 20.6. The molecular weight excluding hydrogens is 383 g/mol. The van der Waals surface area contributed by atoms with Crippen molar-refractivity contribution < 1.29 is 22.2 Å². The fraction of sp³-hybridized carbons (Fsp3) is 0.100. The van der Waals surface area contributed by atoms with Gasteiger partial charge in [0.1, 0.15) is 5.69 Å². The van der Waals surface area contributed by atoms with Crippen LogP contribution < -0.4 is 33.8 Å². The Hall–Kier alpha value is -2.76. The summed E-state index contributed by atoms with van der Waals surface area (Å²) < 4.78 is 0. The zero-order chi connectivity index (χ0) is 18.5. The fourth-order valence-corrected chi connectivity index (χ4v) is 2.55. The summed E-state index contributed by atoms with van der Waals surface area (Å²) in [4.78, 5) is 15.3. The van der Waals surface area contributed by atoms with Gasteiger partial charge in [-0.2, -0.15) is 0 Å². The predicted molar refractivity (Wildman–Crippen MR) is 105 cm³/mol. The van der Waals surface area contributed by atoms with Gasteiger partial charge in [-0.15, -0.1) is 0 Å². The van der Waals surface area contributed by atoms with Crippen molar-refractivity contribution in [3.05, 3.63) is 82.4 Å². The van der Waals surface area contributed by atoms with Crippen LogP contribution in [0.15, 0.2) is 60.7 Å². The van der Waals surface area contributed by atoms with Crippen LogP contribution in [0.4, 0.5) is 17.3 Å². The number of amides is 1. The average Bonchev–Trinajstić information content (AvgIpc) is 2.64. The summed E-state index contributed by atoms with van der Waals surface area (Å²) in [5.74, 6) is 0.899. The van der Waals surface area contributed by atoms with Gasteiger partial charge in [-0.3, -0.25) is 4.79 Å². The number of carbonyl (C=O) groups is 1. The minimum Gasteiger partial charge on any atom is -1.00 e. The number of benzene rings is 2. The molecule has 0 bridgehead atoms. The number of hydrogen-bond acceptors (Lipinski definition) is 3. The molecule has 0 saturated heterocycles. The molecule has 3 rings (SSSR count). The van der Waals surface area contributed by atoms with Crippen molar-refractivity contribution in [1.82, 2.24) is 0 Å². The Bertz CT molecular complexity index is 912. The first-order valence-electron chi connectivity index (χ1n) is 8.19. The molecule has 2 aromatic carbocycles. The van der Waals surface area contributed by atoms with Gasteiger partial charge in [0.15, 0.2) is 0 Å². The third kappa shape index (κ3) is 5.61. The molecule has 0 spiro atoms. The van der Waals surface area contributed by atoms with Gasteiger partial charge in [-0.1, -0.05) is 41.4 Å². The van der Waals surface area contributed by atoms with E-state index in [0.717, 1.165) is 5.82 Å². The molecule has 0 saturated carbocycles. The molecule has 0 fully saturated rings. The lowest BCUT2D eigenvalue weighted by atomic mass is 10.1. The van der Waals surface area contributed by atoms with Crippen LogP contribution >= 0.6 is 11.6 Å². The van der Waals surface area contributed by atoms with Gasteiger partial charge in [0, 0.05) is 16.7 Å². The third-order valence-electron chi connectivity index (χ3n) is 3.93. The Morgan fingerprint density at radius 1 is 1.04 bits per heavy atom. The monoisotopic (exact) mass is 402 g/mol. The molecule has 1 amide bonds. The number of nitrogens with one attached hydrogen (secondary N) is 3. The number of hydrogen-bond donors (Lipinski definition) is 3. The maximum atomic E-state index is 12.3. The largest absolute Gasteiger partial charge is 1.00 e. The second kappa shape index (κ2) is 9.26. The SMILES string of the molecule is Cc1ccc(CNc2ccc(NC(=O)c3ccc(Cl)cc3)c(N)[nH+]2)cc1.[Cl-]. The van der Waals surface area contributed by atoms with Crippen molar-refractivity contribution >= 4 is 34.8 Å². The Kier molecular flexibility index (Phi) is 7.05. The molecule has 0 unspecified atom stereocenters. The first-order chi connectivity index (χ1) is 12.5. The molecule has 0 aliphatic heterocycles. The van der Waals surface area contributed by atoms with E-state index >= 15 is 0 Å². The van der Waals surface area contributed by atoms with Crippen LogP contribution in [0.5, 0.6) is 0 Å². The van der Waals surface area contributed by atoms with Gasteiger partial charge < -0.3 is 28.8 Å². The maximum Gasteiger partial charge on any atom is 0.255 e. The number of rotatable bonds is 5. The standard InChI is InChI=1S/C20H19ClN4O.ClH/c1-13-2-4-14(5-3-13)12-23-18-11-10-17(19(22)25-18)24-20(26)15-6-8-16(21)9-7-15;/h2-11H,12H2,1H3,(H,24,26)(H3,22,23,25);1H. The lowest BCUT2D eigenvalue weighted by molar-refractivity contribution is -0.342. The second-order valence-electron chi connectivity index (χ2n) is 6.00. The number of nitrogens with two attached hydrogens (primary N) is 1. The average molecular weight is 403 g/mol. The first-order valence-corrected chi connectivity index (χ1v) is 8.57. The van der Waals surface area contributed by atoms with E-state index < -0.39 is 0 Å². The van der Waals surface area contributed by atoms with Crippen molar-refractivity contribution in [2.75, 3.05) is 16.4 Å². The smallest absolute Gasteiger partial charge is 0.255 e. The topological polar surface area (TPSA) is 81.3 Å². The summed E-state index contributed by atoms with van der Waals surface area (Å²) in [7, 11) is 0. The number of carbonyl (C=O) groups excluding carboxylic acids is 1. The van der Waals surface area contributed by atoms with Crippen LogP contribution in [0, 0.1) is 6.92 Å². The van der Waals surface area contributed by atoms with E-state index in [4.69, 9.17) is 17.3 Å². The fourth-order valence-electron chi connectivity index (χ4n) is 2.42. The Morgan fingerprint density at radius 2 is 1.70 bits per heavy atom. The molecule has 0 aliphatic carbocycles. The van der Waals surface area contributed by atoms with Crippen molar-refractivity contribution in [2.45, 2.75) is 13.5 Å². The van der Waals surface area contributed by atoms with E-state index in [-0.39, 0.29) is 18.3 Å². The maximum absolute atomic E-state index is 12.3. The number of aromatic nitrogens is 1. The van der Waals surface area contributed by atoms with Crippen molar-refractivity contribution in [3.63, 3.8) is 0 Å². The highest BCUT2D eigenvalue weighted by atomic mass is 35.5. The third-order valence-corrected chi connectivity index (χ3v) is 4.19. The van der Waals surface area contributed by atoms with Crippen molar-refractivity contribution in [3.8, 4) is 0 Å². The van der Waals surface area contributed by atoms with Gasteiger partial charge >= 0.3 is 0 Å². The number of pyridine rings is 1. The lowest BCUT2D eigenvalue weighted by Crippen LogP contribution is -3.00. The number of aryl methyl sites for hydroxylation is 1. The summed E-state index contributed by atoms with van der Waals surface area (Å²) in [5.41, 5.74) is 9.45. The summed E-state index contributed by atoms with van der Waals surface area (Å²) in [6.07, 6.45) is 0. The van der Waals surface area contributed by atoms with E-state index in [0.29, 0.717) is 28.6 Å². The molecule has 7 heteroatoms.